The number of guanidine groups is 1. The van der Waals surface area contributed by atoms with E-state index >= 15 is 0 Å². The van der Waals surface area contributed by atoms with Gasteiger partial charge in [0.2, 0.25) is 0 Å². The lowest BCUT2D eigenvalue weighted by Gasteiger charge is -2.20. The van der Waals surface area contributed by atoms with Crippen molar-refractivity contribution in [1.82, 2.24) is 15.2 Å². The van der Waals surface area contributed by atoms with Gasteiger partial charge in [-0.1, -0.05) is 0 Å². The summed E-state index contributed by atoms with van der Waals surface area (Å²) < 4.78 is 0. The van der Waals surface area contributed by atoms with Crippen LogP contribution in [0, 0.1) is 6.92 Å². The second kappa shape index (κ2) is 6.00. The summed E-state index contributed by atoms with van der Waals surface area (Å²) in [5.41, 5.74) is 1.18. The molecule has 5 heteroatoms. The lowest BCUT2D eigenvalue weighted by atomic mass is 10.3. The molecule has 0 amide bonds. The van der Waals surface area contributed by atoms with E-state index in [1.807, 2.05) is 14.0 Å². The zero-order valence-electron chi connectivity index (χ0n) is 10.6. The predicted molar refractivity (Wildman–Crippen MR) is 72.7 cm³/mol. The van der Waals surface area contributed by atoms with Crippen LogP contribution in [0.15, 0.2) is 10.4 Å². The number of likely N-dealkylation sites (tertiary alicyclic amines) is 1. The Morgan fingerprint density at radius 2 is 2.29 bits per heavy atom. The molecule has 0 spiro atoms. The fraction of sp³-hybridized carbons (Fsp3) is 0.667. The van der Waals surface area contributed by atoms with Gasteiger partial charge in [0.1, 0.15) is 0 Å². The highest BCUT2D eigenvalue weighted by Gasteiger charge is 2.15. The van der Waals surface area contributed by atoms with E-state index in [1.54, 1.807) is 11.3 Å². The van der Waals surface area contributed by atoms with Crippen LogP contribution in [0.1, 0.15) is 23.5 Å². The van der Waals surface area contributed by atoms with Gasteiger partial charge in [0, 0.05) is 38.5 Å². The van der Waals surface area contributed by atoms with Gasteiger partial charge in [0.25, 0.3) is 0 Å². The zero-order chi connectivity index (χ0) is 12.1. The molecule has 1 saturated heterocycles. The van der Waals surface area contributed by atoms with Crippen LogP contribution >= 0.6 is 11.3 Å². The summed E-state index contributed by atoms with van der Waals surface area (Å²) >= 11 is 1.71. The molecule has 0 bridgehead atoms. The molecule has 0 radical (unpaired) electrons. The van der Waals surface area contributed by atoms with Crippen LogP contribution < -0.4 is 5.32 Å². The van der Waals surface area contributed by atoms with E-state index in [1.165, 1.54) is 18.5 Å². The third-order valence-electron chi connectivity index (χ3n) is 2.95. The van der Waals surface area contributed by atoms with E-state index in [0.29, 0.717) is 0 Å². The minimum absolute atomic E-state index is 0.909. The van der Waals surface area contributed by atoms with Crippen LogP contribution in [-0.2, 0) is 6.42 Å². The second-order valence-corrected chi connectivity index (χ2v) is 5.34. The van der Waals surface area contributed by atoms with Crippen molar-refractivity contribution in [3.8, 4) is 0 Å². The summed E-state index contributed by atoms with van der Waals surface area (Å²) in [5, 5.41) is 6.69. The Kier molecular flexibility index (Phi) is 4.36. The zero-order valence-corrected chi connectivity index (χ0v) is 11.4. The minimum Gasteiger partial charge on any atom is -0.356 e. The fourth-order valence-electron chi connectivity index (χ4n) is 2.09. The van der Waals surface area contributed by atoms with Gasteiger partial charge in [-0.25, -0.2) is 4.98 Å². The molecule has 1 aliphatic rings. The topological polar surface area (TPSA) is 40.5 Å². The number of aromatic nitrogens is 1. The van der Waals surface area contributed by atoms with Gasteiger partial charge in [-0.05, 0) is 19.8 Å². The number of aliphatic imine (C=N–C) groups is 1. The smallest absolute Gasteiger partial charge is 0.193 e. The summed E-state index contributed by atoms with van der Waals surface area (Å²) in [6, 6.07) is 0. The molecule has 2 heterocycles. The molecule has 2 rings (SSSR count). The van der Waals surface area contributed by atoms with Crippen LogP contribution in [-0.4, -0.2) is 42.5 Å². The van der Waals surface area contributed by atoms with Crippen molar-refractivity contribution >= 4 is 17.3 Å². The number of nitrogens with zero attached hydrogens (tertiary/aromatic N) is 3. The molecule has 0 atom stereocenters. The number of rotatable bonds is 3. The predicted octanol–water partition coefficient (Wildman–Crippen LogP) is 1.67. The summed E-state index contributed by atoms with van der Waals surface area (Å²) in [6.45, 7) is 5.22. The summed E-state index contributed by atoms with van der Waals surface area (Å²) in [4.78, 5) is 11.1. The normalized spacial score (nSPS) is 16.6. The Labute approximate surface area is 107 Å². The summed E-state index contributed by atoms with van der Waals surface area (Å²) in [7, 11) is 1.85. The Hall–Kier alpha value is -1.10. The molecule has 0 saturated carbocycles. The number of aryl methyl sites for hydroxylation is 1. The average Bonchev–Trinajstić information content (AvgIpc) is 2.96. The van der Waals surface area contributed by atoms with Crippen molar-refractivity contribution in [3.63, 3.8) is 0 Å². The van der Waals surface area contributed by atoms with Gasteiger partial charge in [-0.3, -0.25) is 4.99 Å². The first kappa shape index (κ1) is 12.4. The lowest BCUT2D eigenvalue weighted by molar-refractivity contribution is 0.494. The molecular formula is C12H20N4S. The van der Waals surface area contributed by atoms with E-state index in [2.05, 4.69) is 25.6 Å². The Morgan fingerprint density at radius 1 is 1.53 bits per heavy atom. The number of hydrogen-bond donors (Lipinski definition) is 1. The van der Waals surface area contributed by atoms with Crippen molar-refractivity contribution < 1.29 is 0 Å². The van der Waals surface area contributed by atoms with Gasteiger partial charge >= 0.3 is 0 Å². The largest absolute Gasteiger partial charge is 0.356 e. The van der Waals surface area contributed by atoms with Gasteiger partial charge in [0.15, 0.2) is 5.96 Å². The Bertz CT molecular complexity index is 380. The Morgan fingerprint density at radius 3 is 2.88 bits per heavy atom. The first-order valence-electron chi connectivity index (χ1n) is 6.16. The minimum atomic E-state index is 0.909. The molecule has 1 aliphatic heterocycles. The monoisotopic (exact) mass is 252 g/mol. The summed E-state index contributed by atoms with van der Waals surface area (Å²) in [6.07, 6.45) is 3.54. The molecule has 0 aliphatic carbocycles. The van der Waals surface area contributed by atoms with E-state index in [9.17, 15) is 0 Å². The van der Waals surface area contributed by atoms with Crippen molar-refractivity contribution in [2.45, 2.75) is 26.2 Å². The Balaban J connectivity index is 1.76. The average molecular weight is 252 g/mol. The second-order valence-electron chi connectivity index (χ2n) is 4.28. The molecule has 1 aromatic heterocycles. The molecule has 0 aromatic carbocycles. The fourth-order valence-corrected chi connectivity index (χ4v) is 2.73. The number of thiazole rings is 1. The molecule has 1 N–H and O–H groups in total. The SMILES string of the molecule is CN=C(NCCc1csc(C)n1)N1CCCC1. The molecule has 4 nitrogen and oxygen atoms in total. The van der Waals surface area contributed by atoms with E-state index in [0.717, 1.165) is 37.0 Å². The van der Waals surface area contributed by atoms with E-state index < -0.39 is 0 Å². The molecule has 17 heavy (non-hydrogen) atoms. The maximum absolute atomic E-state index is 4.46. The van der Waals surface area contributed by atoms with Crippen molar-refractivity contribution in [3.05, 3.63) is 16.1 Å². The standard InChI is InChI=1S/C12H20N4S/c1-10-15-11(9-17-10)5-6-14-12(13-2)16-7-3-4-8-16/h9H,3-8H2,1-2H3,(H,13,14). The number of nitrogens with one attached hydrogen (secondary N) is 1. The summed E-state index contributed by atoms with van der Waals surface area (Å²) in [5.74, 6) is 1.04. The highest BCUT2D eigenvalue weighted by Crippen LogP contribution is 2.09. The first-order valence-corrected chi connectivity index (χ1v) is 7.04. The van der Waals surface area contributed by atoms with Crippen molar-refractivity contribution in [2.24, 2.45) is 4.99 Å². The molecular weight excluding hydrogens is 232 g/mol. The molecule has 94 valence electrons. The van der Waals surface area contributed by atoms with Gasteiger partial charge in [-0.2, -0.15) is 0 Å². The highest BCUT2D eigenvalue weighted by atomic mass is 32.1. The van der Waals surface area contributed by atoms with Gasteiger partial charge in [-0.15, -0.1) is 11.3 Å². The molecule has 1 aromatic rings. The number of hydrogen-bond acceptors (Lipinski definition) is 3. The van der Waals surface area contributed by atoms with Gasteiger partial charge < -0.3 is 10.2 Å². The third-order valence-corrected chi connectivity index (χ3v) is 3.77. The maximum Gasteiger partial charge on any atom is 0.193 e. The third kappa shape index (κ3) is 3.43. The van der Waals surface area contributed by atoms with E-state index in [4.69, 9.17) is 0 Å². The van der Waals surface area contributed by atoms with Crippen LogP contribution in [0.3, 0.4) is 0 Å². The molecule has 1 fully saturated rings. The highest BCUT2D eigenvalue weighted by molar-refractivity contribution is 7.09. The van der Waals surface area contributed by atoms with Gasteiger partial charge in [0.05, 0.1) is 10.7 Å². The quantitative estimate of drug-likeness (QED) is 0.657. The van der Waals surface area contributed by atoms with Crippen LogP contribution in [0.5, 0.6) is 0 Å². The van der Waals surface area contributed by atoms with Crippen LogP contribution in [0.4, 0.5) is 0 Å². The maximum atomic E-state index is 4.46. The van der Waals surface area contributed by atoms with Crippen molar-refractivity contribution in [1.29, 1.82) is 0 Å². The van der Waals surface area contributed by atoms with Crippen LogP contribution in [0.2, 0.25) is 0 Å². The lowest BCUT2D eigenvalue weighted by Crippen LogP contribution is -2.40. The van der Waals surface area contributed by atoms with E-state index in [-0.39, 0.29) is 0 Å². The van der Waals surface area contributed by atoms with Crippen LogP contribution in [0.25, 0.3) is 0 Å². The molecule has 0 unspecified atom stereocenters. The first-order chi connectivity index (χ1) is 8.29. The van der Waals surface area contributed by atoms with Crippen molar-refractivity contribution in [2.75, 3.05) is 26.7 Å².